The fraction of sp³-hybridized carbons (Fsp3) is 0.925. The fourth-order valence-corrected chi connectivity index (χ4v) is 10.7. The Morgan fingerprint density at radius 2 is 1.53 bits per heavy atom. The standard InChI is InChI=1S/C40H70O3/c1-7-8-9-10-11-12-13-14-15-16-28-42-38(41)43-33-24-26-39(5)32(29-33)20-21-34-36-23-22-35(31(4)19-17-18-30(2)3)40(36,6)27-25-37(34)39/h20,30-31,33-37H,7-19,21-29H2,1-6H3/t31-,33+,34-,35-,36-,37+,39+,40-/m1/s1. The van der Waals surface area contributed by atoms with Crippen LogP contribution in [0.3, 0.4) is 0 Å². The lowest BCUT2D eigenvalue weighted by Gasteiger charge is -2.58. The van der Waals surface area contributed by atoms with Gasteiger partial charge in [-0.1, -0.05) is 130 Å². The number of unbranched alkanes of at least 4 members (excludes halogenated alkanes) is 9. The number of hydrogen-bond donors (Lipinski definition) is 0. The van der Waals surface area contributed by atoms with Crippen LogP contribution in [0.25, 0.3) is 0 Å². The lowest BCUT2D eigenvalue weighted by Crippen LogP contribution is -2.51. The van der Waals surface area contributed by atoms with Gasteiger partial charge in [0.2, 0.25) is 0 Å². The molecule has 4 aliphatic carbocycles. The molecule has 0 bridgehead atoms. The first-order valence-electron chi connectivity index (χ1n) is 19.2. The zero-order chi connectivity index (χ0) is 30.9. The van der Waals surface area contributed by atoms with Crippen molar-refractivity contribution in [2.24, 2.45) is 46.3 Å². The molecule has 0 spiro atoms. The summed E-state index contributed by atoms with van der Waals surface area (Å²) in [5.74, 6) is 5.17. The molecule has 4 rings (SSSR count). The fourth-order valence-electron chi connectivity index (χ4n) is 10.7. The van der Waals surface area contributed by atoms with Gasteiger partial charge in [-0.25, -0.2) is 4.79 Å². The number of ether oxygens (including phenoxy) is 2. The van der Waals surface area contributed by atoms with Gasteiger partial charge in [-0.15, -0.1) is 0 Å². The molecule has 3 nitrogen and oxygen atoms in total. The highest BCUT2D eigenvalue weighted by atomic mass is 16.7. The van der Waals surface area contributed by atoms with Gasteiger partial charge >= 0.3 is 6.16 Å². The van der Waals surface area contributed by atoms with Crippen LogP contribution in [0.5, 0.6) is 0 Å². The van der Waals surface area contributed by atoms with Crippen LogP contribution in [0.15, 0.2) is 11.6 Å². The van der Waals surface area contributed by atoms with E-state index in [1.54, 1.807) is 5.57 Å². The Hall–Kier alpha value is -0.990. The predicted octanol–water partition coefficient (Wildman–Crippen LogP) is 12.5. The zero-order valence-electron chi connectivity index (χ0n) is 29.4. The molecule has 8 atom stereocenters. The number of carbonyl (C=O) groups excluding carboxylic acids is 1. The Labute approximate surface area is 267 Å². The van der Waals surface area contributed by atoms with E-state index in [1.807, 2.05) is 0 Å². The SMILES string of the molecule is CCCCCCCCCCCCOC(=O)O[C@H]1CC[C@@]2(C)C(=CC[C@@H]3[C@H]4CC[C@H]([C@H](C)CCCC(C)C)[C@@]4(C)CC[C@@H]32)C1. The van der Waals surface area contributed by atoms with Gasteiger partial charge in [0.1, 0.15) is 6.10 Å². The largest absolute Gasteiger partial charge is 0.508 e. The first kappa shape index (κ1) is 34.9. The highest BCUT2D eigenvalue weighted by molar-refractivity contribution is 5.60. The molecule has 0 radical (unpaired) electrons. The monoisotopic (exact) mass is 599 g/mol. The maximum atomic E-state index is 12.5. The molecule has 0 aliphatic heterocycles. The first-order valence-corrected chi connectivity index (χ1v) is 19.2. The van der Waals surface area contributed by atoms with E-state index >= 15 is 0 Å². The summed E-state index contributed by atoms with van der Waals surface area (Å²) in [6, 6.07) is 0. The van der Waals surface area contributed by atoms with E-state index in [0.717, 1.165) is 67.6 Å². The summed E-state index contributed by atoms with van der Waals surface area (Å²) < 4.78 is 11.4. The summed E-state index contributed by atoms with van der Waals surface area (Å²) in [4.78, 5) is 12.5. The van der Waals surface area contributed by atoms with Crippen LogP contribution >= 0.6 is 0 Å². The number of allylic oxidation sites excluding steroid dienone is 1. The second kappa shape index (κ2) is 16.5. The molecule has 0 unspecified atom stereocenters. The van der Waals surface area contributed by atoms with Crippen molar-refractivity contribution in [3.8, 4) is 0 Å². The molecule has 0 aromatic carbocycles. The Morgan fingerprint density at radius 1 is 0.837 bits per heavy atom. The smallest absolute Gasteiger partial charge is 0.434 e. The Morgan fingerprint density at radius 3 is 2.23 bits per heavy atom. The highest BCUT2D eigenvalue weighted by Crippen LogP contribution is 2.67. The van der Waals surface area contributed by atoms with Gasteiger partial charge in [0, 0.05) is 6.42 Å². The lowest BCUT2D eigenvalue weighted by molar-refractivity contribution is -0.0617. The van der Waals surface area contributed by atoms with Gasteiger partial charge in [-0.3, -0.25) is 0 Å². The van der Waals surface area contributed by atoms with E-state index < -0.39 is 6.16 Å². The second-order valence-corrected chi connectivity index (χ2v) is 16.6. The molecule has 0 saturated heterocycles. The minimum Gasteiger partial charge on any atom is -0.434 e. The third-order valence-corrected chi connectivity index (χ3v) is 13.2. The van der Waals surface area contributed by atoms with Crippen LogP contribution in [0.2, 0.25) is 0 Å². The van der Waals surface area contributed by atoms with Gasteiger partial charge in [0.05, 0.1) is 6.61 Å². The van der Waals surface area contributed by atoms with Gasteiger partial charge < -0.3 is 9.47 Å². The first-order chi connectivity index (χ1) is 20.7. The molecule has 248 valence electrons. The van der Waals surface area contributed by atoms with E-state index in [4.69, 9.17) is 9.47 Å². The quantitative estimate of drug-likeness (QED) is 0.0949. The van der Waals surface area contributed by atoms with Crippen molar-refractivity contribution >= 4 is 6.16 Å². The summed E-state index contributed by atoms with van der Waals surface area (Å²) >= 11 is 0. The lowest BCUT2D eigenvalue weighted by atomic mass is 9.47. The Kier molecular flexibility index (Phi) is 13.4. The summed E-state index contributed by atoms with van der Waals surface area (Å²) in [6.45, 7) is 15.4. The van der Waals surface area contributed by atoms with Gasteiger partial charge in [0.25, 0.3) is 0 Å². The maximum Gasteiger partial charge on any atom is 0.508 e. The van der Waals surface area contributed by atoms with E-state index in [9.17, 15) is 4.79 Å². The number of hydrogen-bond acceptors (Lipinski definition) is 3. The normalized spacial score (nSPS) is 34.2. The molecule has 0 heterocycles. The molecule has 0 N–H and O–H groups in total. The third-order valence-electron chi connectivity index (χ3n) is 13.2. The van der Waals surface area contributed by atoms with Crippen molar-refractivity contribution in [2.75, 3.05) is 6.61 Å². The van der Waals surface area contributed by atoms with Gasteiger partial charge in [0.15, 0.2) is 0 Å². The highest BCUT2D eigenvalue weighted by Gasteiger charge is 2.59. The number of rotatable bonds is 17. The Bertz CT molecular complexity index is 877. The predicted molar refractivity (Wildman–Crippen MR) is 181 cm³/mol. The minimum atomic E-state index is -0.438. The van der Waals surface area contributed by atoms with Crippen molar-refractivity contribution in [2.45, 2.75) is 182 Å². The van der Waals surface area contributed by atoms with Crippen molar-refractivity contribution in [3.05, 3.63) is 11.6 Å². The van der Waals surface area contributed by atoms with E-state index in [-0.39, 0.29) is 6.10 Å². The van der Waals surface area contributed by atoms with E-state index in [1.165, 1.54) is 103 Å². The van der Waals surface area contributed by atoms with Crippen LogP contribution in [0.4, 0.5) is 4.79 Å². The number of fused-ring (bicyclic) bond motifs is 5. The minimum absolute atomic E-state index is 0.00695. The van der Waals surface area contributed by atoms with Crippen LogP contribution in [-0.4, -0.2) is 18.9 Å². The molecule has 0 amide bonds. The maximum absolute atomic E-state index is 12.5. The van der Waals surface area contributed by atoms with E-state index in [0.29, 0.717) is 17.4 Å². The number of carbonyl (C=O) groups is 1. The van der Waals surface area contributed by atoms with Gasteiger partial charge in [-0.2, -0.15) is 0 Å². The summed E-state index contributed by atoms with van der Waals surface area (Å²) in [7, 11) is 0. The van der Waals surface area contributed by atoms with Crippen molar-refractivity contribution in [1.29, 1.82) is 0 Å². The molecular weight excluding hydrogens is 528 g/mol. The molecule has 4 aliphatic rings. The van der Waals surface area contributed by atoms with Crippen LogP contribution in [0.1, 0.15) is 176 Å². The molecule has 3 heteroatoms. The van der Waals surface area contributed by atoms with Crippen molar-refractivity contribution in [1.82, 2.24) is 0 Å². The molecule has 43 heavy (non-hydrogen) atoms. The van der Waals surface area contributed by atoms with Crippen molar-refractivity contribution in [3.63, 3.8) is 0 Å². The topological polar surface area (TPSA) is 35.5 Å². The third kappa shape index (κ3) is 8.84. The molecule has 3 fully saturated rings. The van der Waals surface area contributed by atoms with Crippen LogP contribution in [0, 0.1) is 46.3 Å². The summed E-state index contributed by atoms with van der Waals surface area (Å²) in [6.07, 6.45) is 29.3. The Balaban J connectivity index is 1.19. The van der Waals surface area contributed by atoms with Crippen LogP contribution < -0.4 is 0 Å². The molecule has 3 saturated carbocycles. The summed E-state index contributed by atoms with van der Waals surface area (Å²) in [5, 5.41) is 0. The van der Waals surface area contributed by atoms with E-state index in [2.05, 4.69) is 47.6 Å². The second-order valence-electron chi connectivity index (χ2n) is 16.6. The average Bonchev–Trinajstić information content (AvgIpc) is 3.33. The van der Waals surface area contributed by atoms with Gasteiger partial charge in [-0.05, 0) is 97.7 Å². The molecule has 0 aromatic rings. The molecule has 0 aromatic heterocycles. The summed E-state index contributed by atoms with van der Waals surface area (Å²) in [5.41, 5.74) is 2.43. The average molecular weight is 599 g/mol. The molecular formula is C40H70O3. The zero-order valence-corrected chi connectivity index (χ0v) is 29.4. The van der Waals surface area contributed by atoms with Crippen molar-refractivity contribution < 1.29 is 14.3 Å². The van der Waals surface area contributed by atoms with Crippen LogP contribution in [-0.2, 0) is 9.47 Å².